The smallest absolute Gasteiger partial charge is 0.338 e. The lowest BCUT2D eigenvalue weighted by atomic mass is 10.1. The van der Waals surface area contributed by atoms with Crippen LogP contribution in [0.4, 0.5) is 0 Å². The average Bonchev–Trinajstić information content (AvgIpc) is 2.61. The molecule has 0 bridgehead atoms. The minimum atomic E-state index is -0.673. The molecule has 0 spiro atoms. The normalized spacial score (nSPS) is 21.0. The molecular weight excluding hydrogens is 292 g/mol. The molecule has 2 aromatic carbocycles. The number of carbonyl (C=O) groups excluding carboxylic acids is 1. The maximum Gasteiger partial charge on any atom is 0.338 e. The van der Waals surface area contributed by atoms with E-state index < -0.39 is 6.10 Å². The van der Waals surface area contributed by atoms with Crippen molar-refractivity contribution in [1.29, 1.82) is 0 Å². The monoisotopic (exact) mass is 312 g/mol. The summed E-state index contributed by atoms with van der Waals surface area (Å²) in [6, 6.07) is 19.7. The summed E-state index contributed by atoms with van der Waals surface area (Å²) < 4.78 is 16.8. The van der Waals surface area contributed by atoms with Gasteiger partial charge in [-0.25, -0.2) is 4.79 Å². The van der Waals surface area contributed by atoms with Crippen molar-refractivity contribution in [3.63, 3.8) is 0 Å². The van der Waals surface area contributed by atoms with E-state index >= 15 is 0 Å². The lowest BCUT2D eigenvalue weighted by Gasteiger charge is -2.30. The standard InChI is InChI=1S/C19H20O4/c20-19-18(23-14-16-9-5-2-6-10-16)17(11-12-21-19)22-13-15-7-3-1-4-8-15/h1-10,17-18H,11-14H2/t17-,18+/m0/s1. The zero-order valence-electron chi connectivity index (χ0n) is 12.9. The van der Waals surface area contributed by atoms with Crippen LogP contribution in [0.2, 0.25) is 0 Å². The molecule has 0 radical (unpaired) electrons. The Morgan fingerprint density at radius 2 is 1.43 bits per heavy atom. The van der Waals surface area contributed by atoms with Crippen LogP contribution in [0.25, 0.3) is 0 Å². The molecule has 4 heteroatoms. The number of ether oxygens (including phenoxy) is 3. The average molecular weight is 312 g/mol. The van der Waals surface area contributed by atoms with Crippen LogP contribution >= 0.6 is 0 Å². The Bertz CT molecular complexity index is 612. The van der Waals surface area contributed by atoms with Crippen molar-refractivity contribution in [3.8, 4) is 0 Å². The number of hydrogen-bond acceptors (Lipinski definition) is 4. The van der Waals surface area contributed by atoms with Gasteiger partial charge in [0.05, 0.1) is 25.9 Å². The number of benzene rings is 2. The van der Waals surface area contributed by atoms with E-state index in [2.05, 4.69) is 0 Å². The summed E-state index contributed by atoms with van der Waals surface area (Å²) >= 11 is 0. The number of esters is 1. The third-order valence-electron chi connectivity index (χ3n) is 3.80. The second kappa shape index (κ2) is 7.90. The molecule has 1 saturated heterocycles. The molecule has 2 aromatic rings. The van der Waals surface area contributed by atoms with Gasteiger partial charge in [0.15, 0.2) is 6.10 Å². The molecular formula is C19H20O4. The first-order valence-electron chi connectivity index (χ1n) is 7.80. The summed E-state index contributed by atoms with van der Waals surface area (Å²) in [4.78, 5) is 12.0. The van der Waals surface area contributed by atoms with Gasteiger partial charge in [-0.3, -0.25) is 0 Å². The van der Waals surface area contributed by atoms with Crippen LogP contribution in [0, 0.1) is 0 Å². The molecule has 0 aliphatic carbocycles. The number of carbonyl (C=O) groups is 1. The van der Waals surface area contributed by atoms with Crippen LogP contribution in [0.1, 0.15) is 17.5 Å². The number of cyclic esters (lactones) is 1. The minimum Gasteiger partial charge on any atom is -0.464 e. The quantitative estimate of drug-likeness (QED) is 0.769. The van der Waals surface area contributed by atoms with Crippen LogP contribution in [0.3, 0.4) is 0 Å². The summed E-state index contributed by atoms with van der Waals surface area (Å²) in [5, 5.41) is 0. The minimum absolute atomic E-state index is 0.278. The first kappa shape index (κ1) is 15.7. The first-order chi connectivity index (χ1) is 11.3. The lowest BCUT2D eigenvalue weighted by molar-refractivity contribution is -0.184. The summed E-state index contributed by atoms with van der Waals surface area (Å²) in [5.41, 5.74) is 2.10. The molecule has 1 aliphatic heterocycles. The van der Waals surface area contributed by atoms with Crippen molar-refractivity contribution in [2.75, 3.05) is 6.61 Å². The molecule has 23 heavy (non-hydrogen) atoms. The third kappa shape index (κ3) is 4.41. The molecule has 0 unspecified atom stereocenters. The largest absolute Gasteiger partial charge is 0.464 e. The molecule has 0 aromatic heterocycles. The highest BCUT2D eigenvalue weighted by atomic mass is 16.6. The van der Waals surface area contributed by atoms with E-state index in [9.17, 15) is 4.79 Å². The highest BCUT2D eigenvalue weighted by Crippen LogP contribution is 2.19. The van der Waals surface area contributed by atoms with Crippen molar-refractivity contribution in [2.24, 2.45) is 0 Å². The van der Waals surface area contributed by atoms with E-state index in [1.807, 2.05) is 60.7 Å². The predicted octanol–water partition coefficient (Wildman–Crippen LogP) is 3.10. The highest BCUT2D eigenvalue weighted by molar-refractivity contribution is 5.76. The van der Waals surface area contributed by atoms with Crippen molar-refractivity contribution in [2.45, 2.75) is 31.8 Å². The Balaban J connectivity index is 1.59. The van der Waals surface area contributed by atoms with Crippen LogP contribution in [0.5, 0.6) is 0 Å². The molecule has 0 N–H and O–H groups in total. The van der Waals surface area contributed by atoms with Gasteiger partial charge in [0.1, 0.15) is 0 Å². The zero-order chi connectivity index (χ0) is 15.9. The Morgan fingerprint density at radius 1 is 0.870 bits per heavy atom. The van der Waals surface area contributed by atoms with Gasteiger partial charge in [-0.15, -0.1) is 0 Å². The van der Waals surface area contributed by atoms with Crippen LogP contribution in [0.15, 0.2) is 60.7 Å². The van der Waals surface area contributed by atoms with E-state index in [4.69, 9.17) is 14.2 Å². The fourth-order valence-corrected chi connectivity index (χ4v) is 2.54. The van der Waals surface area contributed by atoms with Gasteiger partial charge < -0.3 is 14.2 Å². The van der Waals surface area contributed by atoms with Gasteiger partial charge >= 0.3 is 5.97 Å². The van der Waals surface area contributed by atoms with E-state index in [1.54, 1.807) is 0 Å². The topological polar surface area (TPSA) is 44.8 Å². The molecule has 4 nitrogen and oxygen atoms in total. The second-order valence-electron chi connectivity index (χ2n) is 5.51. The number of rotatable bonds is 6. The molecule has 1 aliphatic rings. The summed E-state index contributed by atoms with van der Waals surface area (Å²) in [6.07, 6.45) is -0.300. The van der Waals surface area contributed by atoms with Gasteiger partial charge in [-0.05, 0) is 11.1 Å². The zero-order valence-corrected chi connectivity index (χ0v) is 12.9. The summed E-state index contributed by atoms with van der Waals surface area (Å²) in [5.74, 6) is -0.342. The van der Waals surface area contributed by atoms with Crippen LogP contribution in [-0.2, 0) is 32.2 Å². The Kier molecular flexibility index (Phi) is 5.40. The molecule has 0 amide bonds. The van der Waals surface area contributed by atoms with Crippen LogP contribution in [-0.4, -0.2) is 24.8 Å². The predicted molar refractivity (Wildman–Crippen MR) is 85.6 cm³/mol. The second-order valence-corrected chi connectivity index (χ2v) is 5.51. The summed E-state index contributed by atoms with van der Waals surface area (Å²) in [7, 11) is 0. The fraction of sp³-hybridized carbons (Fsp3) is 0.316. The fourth-order valence-electron chi connectivity index (χ4n) is 2.54. The van der Waals surface area contributed by atoms with Crippen LogP contribution < -0.4 is 0 Å². The van der Waals surface area contributed by atoms with Crippen molar-refractivity contribution in [1.82, 2.24) is 0 Å². The first-order valence-corrected chi connectivity index (χ1v) is 7.80. The highest BCUT2D eigenvalue weighted by Gasteiger charge is 2.35. The summed E-state index contributed by atoms with van der Waals surface area (Å²) in [6.45, 7) is 1.21. The molecule has 1 heterocycles. The molecule has 2 atom stereocenters. The van der Waals surface area contributed by atoms with E-state index in [0.29, 0.717) is 26.2 Å². The SMILES string of the molecule is O=C1OCC[C@H](OCc2ccccc2)[C@H]1OCc1ccccc1. The van der Waals surface area contributed by atoms with Crippen molar-refractivity contribution >= 4 is 5.97 Å². The van der Waals surface area contributed by atoms with Gasteiger partial charge in [-0.2, -0.15) is 0 Å². The van der Waals surface area contributed by atoms with E-state index in [-0.39, 0.29) is 12.1 Å². The van der Waals surface area contributed by atoms with Gasteiger partial charge in [0.25, 0.3) is 0 Å². The maximum atomic E-state index is 12.0. The Hall–Kier alpha value is -2.17. The molecule has 120 valence electrons. The third-order valence-corrected chi connectivity index (χ3v) is 3.80. The maximum absolute atomic E-state index is 12.0. The number of hydrogen-bond donors (Lipinski definition) is 0. The van der Waals surface area contributed by atoms with Crippen molar-refractivity contribution < 1.29 is 19.0 Å². The van der Waals surface area contributed by atoms with E-state index in [1.165, 1.54) is 0 Å². The Labute approximate surface area is 136 Å². The molecule has 0 saturated carbocycles. The van der Waals surface area contributed by atoms with Gasteiger partial charge in [-0.1, -0.05) is 60.7 Å². The van der Waals surface area contributed by atoms with Crippen molar-refractivity contribution in [3.05, 3.63) is 71.8 Å². The lowest BCUT2D eigenvalue weighted by Crippen LogP contribution is -2.44. The van der Waals surface area contributed by atoms with Gasteiger partial charge in [0.2, 0.25) is 0 Å². The molecule has 3 rings (SSSR count). The Morgan fingerprint density at radius 3 is 2.04 bits per heavy atom. The van der Waals surface area contributed by atoms with E-state index in [0.717, 1.165) is 11.1 Å². The molecule has 1 fully saturated rings. The van der Waals surface area contributed by atoms with Gasteiger partial charge in [0, 0.05) is 6.42 Å².